The predicted octanol–water partition coefficient (Wildman–Crippen LogP) is 0.434. The Hall–Kier alpha value is -2.58. The normalized spacial score (nSPS) is 9.71. The number of amides is 1. The van der Waals surface area contributed by atoms with Crippen molar-refractivity contribution in [1.82, 2.24) is 4.98 Å². The second-order valence-corrected chi connectivity index (χ2v) is 2.92. The number of nitrogen functional groups attached to an aromatic ring is 1. The zero-order chi connectivity index (χ0) is 13.0. The van der Waals surface area contributed by atoms with E-state index >= 15 is 0 Å². The first-order valence-corrected chi connectivity index (χ1v) is 4.56. The topological polar surface area (TPSA) is 140 Å². The molecule has 0 aliphatic carbocycles. The lowest BCUT2D eigenvalue weighted by molar-refractivity contribution is -0.385. The van der Waals surface area contributed by atoms with Gasteiger partial charge in [-0.15, -0.1) is 0 Å². The van der Waals surface area contributed by atoms with Crippen LogP contribution in [0.25, 0.3) is 0 Å². The van der Waals surface area contributed by atoms with Gasteiger partial charge in [0.2, 0.25) is 0 Å². The number of hydrogen-bond acceptors (Lipinski definition) is 6. The van der Waals surface area contributed by atoms with Gasteiger partial charge in [0, 0.05) is 6.07 Å². The van der Waals surface area contributed by atoms with E-state index in [0.717, 1.165) is 6.07 Å². The van der Waals surface area contributed by atoms with Crippen molar-refractivity contribution in [3.8, 4) is 0 Å². The maximum atomic E-state index is 11.3. The zero-order valence-electron chi connectivity index (χ0n) is 8.85. The number of rotatable bonds is 3. The average molecular weight is 242 g/mol. The number of nitrogens with one attached hydrogen (secondary N) is 2. The first kappa shape index (κ1) is 12.5. The van der Waals surface area contributed by atoms with Gasteiger partial charge >= 0.3 is 17.3 Å². The summed E-state index contributed by atoms with van der Waals surface area (Å²) in [5.74, 6) is -0.0726. The SMILES string of the molecule is CCOC(=O)Nc1cc(N)c([N+](=O)[O-])c(=O)[nH]1. The molecule has 0 saturated heterocycles. The number of aromatic nitrogens is 1. The van der Waals surface area contributed by atoms with E-state index in [9.17, 15) is 19.7 Å². The van der Waals surface area contributed by atoms with Gasteiger partial charge in [0.25, 0.3) is 0 Å². The molecule has 17 heavy (non-hydrogen) atoms. The number of nitrogens with two attached hydrogens (primary N) is 1. The first-order chi connectivity index (χ1) is 7.95. The summed E-state index contributed by atoms with van der Waals surface area (Å²) < 4.78 is 4.56. The Labute approximate surface area is 94.7 Å². The number of nitro groups is 1. The fourth-order valence-electron chi connectivity index (χ4n) is 1.11. The molecule has 0 unspecified atom stereocenters. The van der Waals surface area contributed by atoms with Gasteiger partial charge in [-0.2, -0.15) is 0 Å². The Kier molecular flexibility index (Phi) is 3.65. The van der Waals surface area contributed by atoms with Crippen LogP contribution in [0.15, 0.2) is 10.9 Å². The molecule has 92 valence electrons. The summed E-state index contributed by atoms with van der Waals surface area (Å²) in [6, 6.07) is 1.07. The van der Waals surface area contributed by atoms with Gasteiger partial charge in [-0.05, 0) is 6.92 Å². The Morgan fingerprint density at radius 2 is 2.35 bits per heavy atom. The van der Waals surface area contributed by atoms with Crippen molar-refractivity contribution in [2.45, 2.75) is 6.92 Å². The highest BCUT2D eigenvalue weighted by atomic mass is 16.6. The molecule has 0 saturated carbocycles. The van der Waals surface area contributed by atoms with Gasteiger partial charge in [-0.25, -0.2) is 4.79 Å². The third kappa shape index (κ3) is 2.93. The van der Waals surface area contributed by atoms with E-state index in [4.69, 9.17) is 5.73 Å². The number of hydrogen-bond donors (Lipinski definition) is 3. The number of carbonyl (C=O) groups is 1. The smallest absolute Gasteiger partial charge is 0.412 e. The minimum Gasteiger partial charge on any atom is -0.450 e. The number of aromatic amines is 1. The Morgan fingerprint density at radius 3 is 2.82 bits per heavy atom. The number of ether oxygens (including phenoxy) is 1. The standard InChI is InChI=1S/C8H10N4O5/c1-2-17-8(14)11-5-3-4(9)6(12(15)16)7(13)10-5/h3H,2H2,1H3,(H4,9,10,11,13,14). The van der Waals surface area contributed by atoms with E-state index in [1.807, 2.05) is 0 Å². The predicted molar refractivity (Wildman–Crippen MR) is 58.8 cm³/mol. The molecule has 0 atom stereocenters. The highest BCUT2D eigenvalue weighted by Gasteiger charge is 2.18. The molecule has 0 aliphatic rings. The molecule has 0 fully saturated rings. The van der Waals surface area contributed by atoms with E-state index in [0.29, 0.717) is 0 Å². The molecular formula is C8H10N4O5. The van der Waals surface area contributed by atoms with Gasteiger partial charge in [-0.3, -0.25) is 20.2 Å². The minimum absolute atomic E-state index is 0.0726. The van der Waals surface area contributed by atoms with Crippen LogP contribution in [0.4, 0.5) is 22.0 Å². The molecular weight excluding hydrogens is 232 g/mol. The van der Waals surface area contributed by atoms with Crippen molar-refractivity contribution in [2.24, 2.45) is 0 Å². The summed E-state index contributed by atoms with van der Waals surface area (Å²) in [5, 5.41) is 12.6. The van der Waals surface area contributed by atoms with Crippen LogP contribution in [0.5, 0.6) is 0 Å². The number of anilines is 2. The summed E-state index contributed by atoms with van der Waals surface area (Å²) in [4.78, 5) is 34.0. The van der Waals surface area contributed by atoms with E-state index in [-0.39, 0.29) is 18.1 Å². The molecule has 1 amide bonds. The lowest BCUT2D eigenvalue weighted by atomic mass is 10.3. The van der Waals surface area contributed by atoms with Crippen LogP contribution in [-0.4, -0.2) is 22.6 Å². The molecule has 0 aromatic carbocycles. The molecule has 1 aromatic heterocycles. The summed E-state index contributed by atoms with van der Waals surface area (Å²) >= 11 is 0. The fraction of sp³-hybridized carbons (Fsp3) is 0.250. The largest absolute Gasteiger partial charge is 0.450 e. The molecule has 0 radical (unpaired) electrons. The highest BCUT2D eigenvalue weighted by molar-refractivity contribution is 5.84. The van der Waals surface area contributed by atoms with Crippen molar-refractivity contribution >= 4 is 23.3 Å². The maximum Gasteiger partial charge on any atom is 0.412 e. The summed E-state index contributed by atoms with van der Waals surface area (Å²) in [6.45, 7) is 1.76. The van der Waals surface area contributed by atoms with Crippen LogP contribution in [0.3, 0.4) is 0 Å². The second kappa shape index (κ2) is 4.96. The van der Waals surface area contributed by atoms with Gasteiger partial charge in [-0.1, -0.05) is 0 Å². The minimum atomic E-state index is -0.998. The van der Waals surface area contributed by atoms with E-state index in [1.54, 1.807) is 6.92 Å². The maximum absolute atomic E-state index is 11.3. The molecule has 0 bridgehead atoms. The highest BCUT2D eigenvalue weighted by Crippen LogP contribution is 2.17. The van der Waals surface area contributed by atoms with E-state index < -0.39 is 22.3 Å². The van der Waals surface area contributed by atoms with Crippen molar-refractivity contribution in [1.29, 1.82) is 0 Å². The summed E-state index contributed by atoms with van der Waals surface area (Å²) in [5.41, 5.74) is 3.21. The summed E-state index contributed by atoms with van der Waals surface area (Å²) in [7, 11) is 0. The molecule has 9 heteroatoms. The molecule has 1 rings (SSSR count). The second-order valence-electron chi connectivity index (χ2n) is 2.92. The molecule has 4 N–H and O–H groups in total. The number of nitrogens with zero attached hydrogens (tertiary/aromatic N) is 1. The third-order valence-corrected chi connectivity index (χ3v) is 1.73. The molecule has 0 spiro atoms. The van der Waals surface area contributed by atoms with Crippen molar-refractivity contribution < 1.29 is 14.5 Å². The Bertz CT molecular complexity index is 509. The van der Waals surface area contributed by atoms with Crippen LogP contribution in [0.1, 0.15) is 6.92 Å². The Balaban J connectivity index is 3.03. The fourth-order valence-corrected chi connectivity index (χ4v) is 1.11. The third-order valence-electron chi connectivity index (χ3n) is 1.73. The number of pyridine rings is 1. The summed E-state index contributed by atoms with van der Waals surface area (Å²) in [6.07, 6.45) is -0.795. The first-order valence-electron chi connectivity index (χ1n) is 4.56. The van der Waals surface area contributed by atoms with Gasteiger partial charge in [0.15, 0.2) is 0 Å². The van der Waals surface area contributed by atoms with E-state index in [2.05, 4.69) is 15.0 Å². The van der Waals surface area contributed by atoms with Gasteiger partial charge < -0.3 is 15.5 Å². The van der Waals surface area contributed by atoms with Crippen molar-refractivity contribution in [3.63, 3.8) is 0 Å². The van der Waals surface area contributed by atoms with Crippen molar-refractivity contribution in [2.75, 3.05) is 17.7 Å². The number of carbonyl (C=O) groups excluding carboxylic acids is 1. The molecule has 0 aliphatic heterocycles. The quantitative estimate of drug-likeness (QED) is 0.518. The van der Waals surface area contributed by atoms with Crippen LogP contribution >= 0.6 is 0 Å². The molecule has 1 heterocycles. The van der Waals surface area contributed by atoms with Crippen molar-refractivity contribution in [3.05, 3.63) is 26.5 Å². The number of H-pyrrole nitrogens is 1. The zero-order valence-corrected chi connectivity index (χ0v) is 8.85. The van der Waals surface area contributed by atoms with E-state index in [1.165, 1.54) is 0 Å². The van der Waals surface area contributed by atoms with Crippen LogP contribution in [0.2, 0.25) is 0 Å². The molecule has 1 aromatic rings. The van der Waals surface area contributed by atoms with Gasteiger partial charge in [0.1, 0.15) is 11.5 Å². The van der Waals surface area contributed by atoms with Crippen LogP contribution in [0, 0.1) is 10.1 Å². The average Bonchev–Trinajstić information content (AvgIpc) is 2.15. The lowest BCUT2D eigenvalue weighted by Crippen LogP contribution is -2.20. The van der Waals surface area contributed by atoms with Crippen LogP contribution in [-0.2, 0) is 4.74 Å². The van der Waals surface area contributed by atoms with Crippen LogP contribution < -0.4 is 16.6 Å². The lowest BCUT2D eigenvalue weighted by Gasteiger charge is -2.05. The monoisotopic (exact) mass is 242 g/mol. The van der Waals surface area contributed by atoms with Gasteiger partial charge in [0.05, 0.1) is 11.5 Å². The Morgan fingerprint density at radius 1 is 1.71 bits per heavy atom. The molecule has 9 nitrogen and oxygen atoms in total.